The minimum atomic E-state index is 0.105. The summed E-state index contributed by atoms with van der Waals surface area (Å²) in [4.78, 5) is 24.3. The van der Waals surface area contributed by atoms with Crippen molar-refractivity contribution in [2.45, 2.75) is 19.9 Å². The Morgan fingerprint density at radius 3 is 2.96 bits per heavy atom. The van der Waals surface area contributed by atoms with Crippen LogP contribution in [0.3, 0.4) is 0 Å². The molecule has 6 heteroatoms. The molecule has 0 fully saturated rings. The normalized spacial score (nSPS) is 13.9. The van der Waals surface area contributed by atoms with Crippen molar-refractivity contribution in [3.05, 3.63) is 56.3 Å². The second kappa shape index (κ2) is 5.86. The molecule has 0 saturated carbocycles. The van der Waals surface area contributed by atoms with E-state index in [0.717, 1.165) is 39.4 Å². The molecule has 0 saturated heterocycles. The third kappa shape index (κ3) is 2.68. The number of aryl methyl sites for hydroxylation is 1. The Bertz CT molecular complexity index is 855. The molecule has 4 nitrogen and oxygen atoms in total. The first-order valence-corrected chi connectivity index (χ1v) is 9.24. The maximum Gasteiger partial charge on any atom is 0.264 e. The fraction of sp³-hybridized carbons (Fsp3) is 0.235. The molecule has 0 atom stereocenters. The van der Waals surface area contributed by atoms with Crippen LogP contribution in [0.5, 0.6) is 0 Å². The molecule has 0 N–H and O–H groups in total. The number of hydrogen-bond donors (Lipinski definition) is 0. The highest BCUT2D eigenvalue weighted by Crippen LogP contribution is 2.29. The molecule has 0 aliphatic carbocycles. The minimum absolute atomic E-state index is 0.105. The van der Waals surface area contributed by atoms with Crippen LogP contribution in [0.25, 0.3) is 11.3 Å². The Balaban J connectivity index is 1.67. The SMILES string of the molecule is Cc1csc(C(=O)N2CCc3ncnc(-c4ccsc4)c3C2)c1. The molecule has 0 radical (unpaired) electrons. The van der Waals surface area contributed by atoms with Crippen molar-refractivity contribution in [3.8, 4) is 11.3 Å². The zero-order valence-electron chi connectivity index (χ0n) is 12.7. The van der Waals surface area contributed by atoms with Gasteiger partial charge in [0.1, 0.15) is 6.33 Å². The van der Waals surface area contributed by atoms with Gasteiger partial charge in [0.05, 0.1) is 16.3 Å². The molecule has 1 aliphatic rings. The molecule has 0 bridgehead atoms. The molecular weight excluding hydrogens is 326 g/mol. The van der Waals surface area contributed by atoms with E-state index in [1.54, 1.807) is 17.7 Å². The predicted octanol–water partition coefficient (Wildman–Crippen LogP) is 3.77. The summed E-state index contributed by atoms with van der Waals surface area (Å²) in [6.45, 7) is 3.31. The van der Waals surface area contributed by atoms with Crippen molar-refractivity contribution >= 4 is 28.6 Å². The quantitative estimate of drug-likeness (QED) is 0.713. The van der Waals surface area contributed by atoms with Gasteiger partial charge in [-0.3, -0.25) is 4.79 Å². The van der Waals surface area contributed by atoms with Gasteiger partial charge in [0.15, 0.2) is 0 Å². The highest BCUT2D eigenvalue weighted by Gasteiger charge is 2.26. The van der Waals surface area contributed by atoms with Gasteiger partial charge in [-0.15, -0.1) is 11.3 Å². The van der Waals surface area contributed by atoms with E-state index in [4.69, 9.17) is 0 Å². The third-order valence-electron chi connectivity index (χ3n) is 4.03. The van der Waals surface area contributed by atoms with E-state index >= 15 is 0 Å². The van der Waals surface area contributed by atoms with Crippen LogP contribution in [0.4, 0.5) is 0 Å². The smallest absolute Gasteiger partial charge is 0.264 e. The predicted molar refractivity (Wildman–Crippen MR) is 92.8 cm³/mol. The number of aromatic nitrogens is 2. The zero-order chi connectivity index (χ0) is 15.8. The van der Waals surface area contributed by atoms with Crippen molar-refractivity contribution in [1.82, 2.24) is 14.9 Å². The zero-order valence-corrected chi connectivity index (χ0v) is 14.3. The lowest BCUT2D eigenvalue weighted by Crippen LogP contribution is -2.36. The number of carbonyl (C=O) groups excluding carboxylic acids is 1. The highest BCUT2D eigenvalue weighted by molar-refractivity contribution is 7.12. The summed E-state index contributed by atoms with van der Waals surface area (Å²) < 4.78 is 0. The van der Waals surface area contributed by atoms with Crippen molar-refractivity contribution in [2.24, 2.45) is 0 Å². The fourth-order valence-electron chi connectivity index (χ4n) is 2.86. The Morgan fingerprint density at radius 1 is 1.30 bits per heavy atom. The molecule has 116 valence electrons. The van der Waals surface area contributed by atoms with Gasteiger partial charge >= 0.3 is 0 Å². The van der Waals surface area contributed by atoms with Crippen LogP contribution in [0.2, 0.25) is 0 Å². The Labute approximate surface area is 142 Å². The molecule has 1 aliphatic heterocycles. The van der Waals surface area contributed by atoms with Gasteiger partial charge in [-0.2, -0.15) is 11.3 Å². The Kier molecular flexibility index (Phi) is 3.71. The van der Waals surface area contributed by atoms with Crippen LogP contribution >= 0.6 is 22.7 Å². The maximum absolute atomic E-state index is 12.7. The number of carbonyl (C=O) groups is 1. The molecule has 0 aromatic carbocycles. The molecule has 0 spiro atoms. The number of amides is 1. The van der Waals surface area contributed by atoms with E-state index in [1.165, 1.54) is 11.3 Å². The number of hydrogen-bond acceptors (Lipinski definition) is 5. The van der Waals surface area contributed by atoms with Crippen LogP contribution in [-0.4, -0.2) is 27.3 Å². The first-order valence-electron chi connectivity index (χ1n) is 7.42. The molecular formula is C17H15N3OS2. The lowest BCUT2D eigenvalue weighted by atomic mass is 10.0. The van der Waals surface area contributed by atoms with Crippen LogP contribution in [-0.2, 0) is 13.0 Å². The van der Waals surface area contributed by atoms with Gasteiger partial charge in [-0.25, -0.2) is 9.97 Å². The van der Waals surface area contributed by atoms with E-state index in [-0.39, 0.29) is 5.91 Å². The van der Waals surface area contributed by atoms with Gasteiger partial charge in [-0.05, 0) is 35.4 Å². The molecule has 23 heavy (non-hydrogen) atoms. The van der Waals surface area contributed by atoms with Gasteiger partial charge in [0, 0.05) is 36.0 Å². The van der Waals surface area contributed by atoms with E-state index in [1.807, 2.05) is 28.7 Å². The summed E-state index contributed by atoms with van der Waals surface area (Å²) in [5.74, 6) is 0.105. The topological polar surface area (TPSA) is 46.1 Å². The number of fused-ring (bicyclic) bond motifs is 1. The average Bonchev–Trinajstić information content (AvgIpc) is 3.24. The van der Waals surface area contributed by atoms with Crippen LogP contribution in [0, 0.1) is 6.92 Å². The molecule has 4 rings (SSSR count). The molecule has 3 aromatic heterocycles. The first kappa shape index (κ1) is 14.5. The molecule has 0 unspecified atom stereocenters. The third-order valence-corrected chi connectivity index (χ3v) is 5.74. The van der Waals surface area contributed by atoms with Gasteiger partial charge in [0.25, 0.3) is 5.91 Å². The molecule has 4 heterocycles. The summed E-state index contributed by atoms with van der Waals surface area (Å²) in [6, 6.07) is 4.03. The van der Waals surface area contributed by atoms with Crippen LogP contribution < -0.4 is 0 Å². The number of nitrogens with zero attached hydrogens (tertiary/aromatic N) is 3. The highest BCUT2D eigenvalue weighted by atomic mass is 32.1. The van der Waals surface area contributed by atoms with Crippen LogP contribution in [0.1, 0.15) is 26.5 Å². The lowest BCUT2D eigenvalue weighted by Gasteiger charge is -2.28. The summed E-state index contributed by atoms with van der Waals surface area (Å²) >= 11 is 3.17. The standard InChI is InChI=1S/C17H15N3OS2/c1-11-6-15(23-8-11)17(21)20-4-2-14-13(7-20)16(19-10-18-14)12-3-5-22-9-12/h3,5-6,8-10H,2,4,7H2,1H3. The summed E-state index contributed by atoms with van der Waals surface area (Å²) in [6.07, 6.45) is 2.41. The average molecular weight is 341 g/mol. The Morgan fingerprint density at radius 2 is 2.22 bits per heavy atom. The van der Waals surface area contributed by atoms with E-state index < -0.39 is 0 Å². The minimum Gasteiger partial charge on any atom is -0.333 e. The van der Waals surface area contributed by atoms with Gasteiger partial charge in [0.2, 0.25) is 0 Å². The van der Waals surface area contributed by atoms with Crippen molar-refractivity contribution < 1.29 is 4.79 Å². The van der Waals surface area contributed by atoms with Gasteiger partial charge in [-0.1, -0.05) is 0 Å². The second-order valence-electron chi connectivity index (χ2n) is 5.62. The summed E-state index contributed by atoms with van der Waals surface area (Å²) in [5, 5.41) is 6.15. The summed E-state index contributed by atoms with van der Waals surface area (Å²) in [5.41, 5.74) is 5.34. The summed E-state index contributed by atoms with van der Waals surface area (Å²) in [7, 11) is 0. The van der Waals surface area contributed by atoms with Gasteiger partial charge < -0.3 is 4.90 Å². The molecule has 1 amide bonds. The van der Waals surface area contributed by atoms with Crippen LogP contribution in [0.15, 0.2) is 34.6 Å². The van der Waals surface area contributed by atoms with E-state index in [0.29, 0.717) is 13.1 Å². The van der Waals surface area contributed by atoms with Crippen molar-refractivity contribution in [2.75, 3.05) is 6.54 Å². The largest absolute Gasteiger partial charge is 0.333 e. The van der Waals surface area contributed by atoms with Crippen molar-refractivity contribution in [1.29, 1.82) is 0 Å². The maximum atomic E-state index is 12.7. The second-order valence-corrected chi connectivity index (χ2v) is 7.32. The Hall–Kier alpha value is -2.05. The number of rotatable bonds is 2. The monoisotopic (exact) mass is 341 g/mol. The fourth-order valence-corrected chi connectivity index (χ4v) is 4.37. The van der Waals surface area contributed by atoms with E-state index in [9.17, 15) is 4.79 Å². The molecule has 3 aromatic rings. The lowest BCUT2D eigenvalue weighted by molar-refractivity contribution is 0.0738. The first-order chi connectivity index (χ1) is 11.2. The van der Waals surface area contributed by atoms with E-state index in [2.05, 4.69) is 21.4 Å². The number of thiophene rings is 2. The van der Waals surface area contributed by atoms with Crippen molar-refractivity contribution in [3.63, 3.8) is 0 Å².